The van der Waals surface area contributed by atoms with Gasteiger partial charge in [-0.15, -0.1) is 0 Å². The number of rotatable bonds is 4. The van der Waals surface area contributed by atoms with E-state index in [0.29, 0.717) is 22.6 Å². The second-order valence-electron chi connectivity index (χ2n) is 4.05. The van der Waals surface area contributed by atoms with Crippen molar-refractivity contribution in [2.45, 2.75) is 13.0 Å². The van der Waals surface area contributed by atoms with Gasteiger partial charge in [0, 0.05) is 6.07 Å². The van der Waals surface area contributed by atoms with Crippen LogP contribution in [-0.2, 0) is 0 Å². The molecule has 0 aliphatic rings. The molecule has 0 bridgehead atoms. The van der Waals surface area contributed by atoms with Crippen molar-refractivity contribution in [3.05, 3.63) is 56.4 Å². The lowest BCUT2D eigenvalue weighted by molar-refractivity contribution is -0.384. The van der Waals surface area contributed by atoms with Gasteiger partial charge in [0.25, 0.3) is 5.69 Å². The van der Waals surface area contributed by atoms with Gasteiger partial charge in [-0.3, -0.25) is 10.1 Å². The smallest absolute Gasteiger partial charge is 0.298 e. The summed E-state index contributed by atoms with van der Waals surface area (Å²) in [5.74, 6) is -1.59. The maximum absolute atomic E-state index is 13.7. The van der Waals surface area contributed by atoms with Crippen molar-refractivity contribution in [2.75, 3.05) is 5.32 Å². The highest BCUT2D eigenvalue weighted by Gasteiger charge is 2.23. The Hall–Kier alpha value is -1.96. The van der Waals surface area contributed by atoms with Crippen LogP contribution in [0, 0.1) is 21.7 Å². The van der Waals surface area contributed by atoms with Crippen molar-refractivity contribution in [1.29, 1.82) is 0 Å². The van der Waals surface area contributed by atoms with Gasteiger partial charge < -0.3 is 9.73 Å². The Morgan fingerprint density at radius 2 is 2.10 bits per heavy atom. The summed E-state index contributed by atoms with van der Waals surface area (Å²) in [5.41, 5.74) is -1.05. The van der Waals surface area contributed by atoms with E-state index in [0.717, 1.165) is 0 Å². The molecular weight excluding hydrogens is 338 g/mol. The highest BCUT2D eigenvalue weighted by Crippen LogP contribution is 2.32. The molecule has 0 fully saturated rings. The molecule has 0 amide bonds. The van der Waals surface area contributed by atoms with E-state index in [-0.39, 0.29) is 5.69 Å². The molecule has 5 nitrogen and oxygen atoms in total. The molecule has 1 unspecified atom stereocenters. The van der Waals surface area contributed by atoms with E-state index < -0.39 is 28.3 Å². The molecule has 0 spiro atoms. The summed E-state index contributed by atoms with van der Waals surface area (Å²) < 4.78 is 32.5. The monoisotopic (exact) mass is 346 g/mol. The first kappa shape index (κ1) is 14.4. The Morgan fingerprint density at radius 1 is 1.40 bits per heavy atom. The summed E-state index contributed by atoms with van der Waals surface area (Å²) in [6, 6.07) is 3.99. The Bertz CT molecular complexity index is 660. The Kier molecular flexibility index (Phi) is 4.03. The van der Waals surface area contributed by atoms with Gasteiger partial charge in [-0.2, -0.15) is 0 Å². The number of anilines is 1. The molecule has 0 aliphatic carbocycles. The van der Waals surface area contributed by atoms with Crippen LogP contribution in [0.2, 0.25) is 0 Å². The van der Waals surface area contributed by atoms with Gasteiger partial charge in [0.2, 0.25) is 0 Å². The summed E-state index contributed by atoms with van der Waals surface area (Å²) in [6.45, 7) is 1.64. The Morgan fingerprint density at radius 3 is 2.65 bits per heavy atom. The second-order valence-corrected chi connectivity index (χ2v) is 4.83. The van der Waals surface area contributed by atoms with Gasteiger partial charge in [-0.05, 0) is 35.0 Å². The SMILES string of the molecule is CC(Nc1c(F)cc(F)cc1[N+](=O)[O-])c1ccc(Br)o1. The fourth-order valence-electron chi connectivity index (χ4n) is 1.70. The Labute approximate surface area is 120 Å². The van der Waals surface area contributed by atoms with Crippen LogP contribution in [0.3, 0.4) is 0 Å². The van der Waals surface area contributed by atoms with Gasteiger partial charge in [-0.1, -0.05) is 0 Å². The minimum absolute atomic E-state index is 0.378. The molecule has 1 atom stereocenters. The first-order valence-electron chi connectivity index (χ1n) is 5.53. The van der Waals surface area contributed by atoms with Crippen LogP contribution in [0.25, 0.3) is 0 Å². The molecule has 0 saturated carbocycles. The van der Waals surface area contributed by atoms with Crippen molar-refractivity contribution in [3.8, 4) is 0 Å². The lowest BCUT2D eigenvalue weighted by atomic mass is 10.2. The van der Waals surface area contributed by atoms with E-state index in [1.165, 1.54) is 0 Å². The number of benzene rings is 1. The number of hydrogen-bond donors (Lipinski definition) is 1. The number of nitro groups is 1. The van der Waals surface area contributed by atoms with Crippen LogP contribution in [-0.4, -0.2) is 4.92 Å². The third-order valence-electron chi connectivity index (χ3n) is 2.61. The first-order valence-corrected chi connectivity index (χ1v) is 6.33. The lowest BCUT2D eigenvalue weighted by Gasteiger charge is -2.13. The Balaban J connectivity index is 2.35. The third-order valence-corrected chi connectivity index (χ3v) is 3.04. The normalized spacial score (nSPS) is 12.2. The minimum atomic E-state index is -1.03. The van der Waals surface area contributed by atoms with E-state index >= 15 is 0 Å². The number of furan rings is 1. The number of nitro benzene ring substituents is 1. The van der Waals surface area contributed by atoms with E-state index in [9.17, 15) is 18.9 Å². The van der Waals surface area contributed by atoms with Crippen LogP contribution in [0.15, 0.2) is 33.4 Å². The second kappa shape index (κ2) is 5.58. The maximum Gasteiger partial charge on any atom is 0.298 e. The van der Waals surface area contributed by atoms with Crippen LogP contribution in [0.5, 0.6) is 0 Å². The average molecular weight is 347 g/mol. The topological polar surface area (TPSA) is 68.3 Å². The molecule has 0 aliphatic heterocycles. The number of nitrogens with one attached hydrogen (secondary N) is 1. The van der Waals surface area contributed by atoms with Gasteiger partial charge >= 0.3 is 0 Å². The molecule has 8 heteroatoms. The van der Waals surface area contributed by atoms with Gasteiger partial charge in [0.1, 0.15) is 11.6 Å². The fraction of sp³-hybridized carbons (Fsp3) is 0.167. The predicted molar refractivity (Wildman–Crippen MR) is 71.5 cm³/mol. The molecule has 1 N–H and O–H groups in total. The van der Waals surface area contributed by atoms with Crippen molar-refractivity contribution >= 4 is 27.3 Å². The van der Waals surface area contributed by atoms with E-state index in [4.69, 9.17) is 4.42 Å². The van der Waals surface area contributed by atoms with Crippen molar-refractivity contribution in [2.24, 2.45) is 0 Å². The average Bonchev–Trinajstić information content (AvgIpc) is 2.78. The molecular formula is C12H9BrF2N2O3. The van der Waals surface area contributed by atoms with Gasteiger partial charge in [0.05, 0.1) is 17.0 Å². The zero-order valence-electron chi connectivity index (χ0n) is 10.2. The third kappa shape index (κ3) is 2.96. The zero-order valence-corrected chi connectivity index (χ0v) is 11.8. The quantitative estimate of drug-likeness (QED) is 0.657. The minimum Gasteiger partial charge on any atom is -0.452 e. The van der Waals surface area contributed by atoms with Crippen molar-refractivity contribution < 1.29 is 18.1 Å². The molecule has 0 radical (unpaired) electrons. The molecule has 106 valence electrons. The number of halogens is 3. The van der Waals surface area contributed by atoms with E-state index in [1.807, 2.05) is 0 Å². The molecule has 2 rings (SSSR count). The van der Waals surface area contributed by atoms with Gasteiger partial charge in [-0.25, -0.2) is 8.78 Å². The largest absolute Gasteiger partial charge is 0.452 e. The van der Waals surface area contributed by atoms with Crippen molar-refractivity contribution in [3.63, 3.8) is 0 Å². The molecule has 1 aromatic heterocycles. The highest BCUT2D eigenvalue weighted by molar-refractivity contribution is 9.10. The number of nitrogens with zero attached hydrogens (tertiary/aromatic N) is 1. The summed E-state index contributed by atoms with van der Waals surface area (Å²) in [6.07, 6.45) is 0. The highest BCUT2D eigenvalue weighted by atomic mass is 79.9. The van der Waals surface area contributed by atoms with Crippen LogP contribution >= 0.6 is 15.9 Å². The molecule has 2 aromatic rings. The summed E-state index contributed by atoms with van der Waals surface area (Å²) >= 11 is 3.12. The molecule has 20 heavy (non-hydrogen) atoms. The summed E-state index contributed by atoms with van der Waals surface area (Å²) in [7, 11) is 0. The molecule has 1 heterocycles. The first-order chi connectivity index (χ1) is 9.38. The predicted octanol–water partition coefficient (Wildman–Crippen LogP) is 4.40. The van der Waals surface area contributed by atoms with Crippen LogP contribution in [0.1, 0.15) is 18.7 Å². The van der Waals surface area contributed by atoms with Gasteiger partial charge in [0.15, 0.2) is 16.2 Å². The standard InChI is InChI=1S/C12H9BrF2N2O3/c1-6(10-2-3-11(13)20-10)16-12-8(15)4-7(14)5-9(12)17(18)19/h2-6,16H,1H3. The van der Waals surface area contributed by atoms with E-state index in [2.05, 4.69) is 21.2 Å². The number of hydrogen-bond acceptors (Lipinski definition) is 4. The summed E-state index contributed by atoms with van der Waals surface area (Å²) in [4.78, 5) is 10.0. The fourth-order valence-corrected chi connectivity index (χ4v) is 2.01. The lowest BCUT2D eigenvalue weighted by Crippen LogP contribution is -2.09. The van der Waals surface area contributed by atoms with Crippen LogP contribution < -0.4 is 5.32 Å². The van der Waals surface area contributed by atoms with E-state index in [1.54, 1.807) is 19.1 Å². The van der Waals surface area contributed by atoms with Crippen molar-refractivity contribution in [1.82, 2.24) is 0 Å². The maximum atomic E-state index is 13.7. The molecule has 1 aromatic carbocycles. The summed E-state index contributed by atoms with van der Waals surface area (Å²) in [5, 5.41) is 13.5. The van der Waals surface area contributed by atoms with Crippen LogP contribution in [0.4, 0.5) is 20.2 Å². The molecule has 0 saturated heterocycles. The zero-order chi connectivity index (χ0) is 14.9.